The minimum Gasteiger partial charge on any atom is -0.422 e. The number of nitrogens with zero attached hydrogens (tertiary/aromatic N) is 3. The van der Waals surface area contributed by atoms with E-state index in [1.165, 1.54) is 6.20 Å². The Balaban J connectivity index is 1.85. The van der Waals surface area contributed by atoms with Crippen LogP contribution in [0, 0.1) is 0 Å². The average molecular weight is 345 g/mol. The summed E-state index contributed by atoms with van der Waals surface area (Å²) in [5.41, 5.74) is 1.51. The van der Waals surface area contributed by atoms with Crippen molar-refractivity contribution in [2.75, 3.05) is 0 Å². The number of nitrogens with one attached hydrogen (secondary N) is 1. The van der Waals surface area contributed by atoms with Crippen LogP contribution in [-0.4, -0.2) is 19.9 Å². The van der Waals surface area contributed by atoms with Gasteiger partial charge < -0.3 is 9.40 Å². The summed E-state index contributed by atoms with van der Waals surface area (Å²) in [6.45, 7) is 0. The molecule has 6 nitrogen and oxygen atoms in total. The first-order chi connectivity index (χ1) is 11.1. The van der Waals surface area contributed by atoms with Crippen LogP contribution in [0.4, 0.5) is 0 Å². The van der Waals surface area contributed by atoms with E-state index in [4.69, 9.17) is 16.0 Å². The van der Waals surface area contributed by atoms with Crippen molar-refractivity contribution in [1.29, 1.82) is 0 Å². The zero-order valence-corrected chi connectivity index (χ0v) is 13.2. The van der Waals surface area contributed by atoms with E-state index in [1.807, 2.05) is 18.2 Å². The number of halogens is 1. The van der Waals surface area contributed by atoms with E-state index in [2.05, 4.69) is 32.6 Å². The fraction of sp³-hybridized carbons (Fsp3) is 0.0667. The Hall–Kier alpha value is -2.38. The SMILES string of the molecule is O=c1oc2ccccc2cc1C(S)c1nc2nc(Cl)ncc2[nH]1. The number of imidazole rings is 1. The molecule has 1 N–H and O–H groups in total. The third-order valence-corrected chi connectivity index (χ3v) is 4.16. The molecule has 23 heavy (non-hydrogen) atoms. The molecule has 0 aliphatic carbocycles. The number of thiol groups is 1. The summed E-state index contributed by atoms with van der Waals surface area (Å²) in [6.07, 6.45) is 1.53. The molecule has 1 unspecified atom stereocenters. The Morgan fingerprint density at radius 1 is 1.26 bits per heavy atom. The normalized spacial score (nSPS) is 12.8. The Labute approximate surface area is 140 Å². The lowest BCUT2D eigenvalue weighted by molar-refractivity contribution is 0.551. The van der Waals surface area contributed by atoms with Gasteiger partial charge in [-0.3, -0.25) is 0 Å². The molecular weight excluding hydrogens is 336 g/mol. The van der Waals surface area contributed by atoms with Crippen molar-refractivity contribution in [3.8, 4) is 0 Å². The number of rotatable bonds is 2. The average Bonchev–Trinajstić information content (AvgIpc) is 2.96. The van der Waals surface area contributed by atoms with Crippen LogP contribution < -0.4 is 5.63 Å². The quantitative estimate of drug-likeness (QED) is 0.331. The third-order valence-electron chi connectivity index (χ3n) is 3.45. The molecule has 0 spiro atoms. The van der Waals surface area contributed by atoms with Crippen molar-refractivity contribution in [2.24, 2.45) is 0 Å². The molecule has 0 bridgehead atoms. The number of para-hydroxylation sites is 1. The van der Waals surface area contributed by atoms with Gasteiger partial charge in [0.1, 0.15) is 16.9 Å². The van der Waals surface area contributed by atoms with Crippen LogP contribution >= 0.6 is 24.2 Å². The predicted octanol–water partition coefficient (Wildman–Crippen LogP) is 3.13. The van der Waals surface area contributed by atoms with E-state index in [0.29, 0.717) is 28.1 Å². The molecule has 4 rings (SSSR count). The van der Waals surface area contributed by atoms with Crippen LogP contribution in [0.2, 0.25) is 5.28 Å². The molecule has 0 saturated carbocycles. The maximum absolute atomic E-state index is 12.2. The van der Waals surface area contributed by atoms with Gasteiger partial charge in [0.05, 0.1) is 17.0 Å². The van der Waals surface area contributed by atoms with Crippen molar-refractivity contribution in [3.05, 3.63) is 63.6 Å². The summed E-state index contributed by atoms with van der Waals surface area (Å²) >= 11 is 10.3. The zero-order chi connectivity index (χ0) is 16.0. The highest BCUT2D eigenvalue weighted by molar-refractivity contribution is 7.80. The van der Waals surface area contributed by atoms with Gasteiger partial charge in [0.25, 0.3) is 0 Å². The smallest absolute Gasteiger partial charge is 0.341 e. The van der Waals surface area contributed by atoms with Crippen LogP contribution in [-0.2, 0) is 0 Å². The largest absolute Gasteiger partial charge is 0.422 e. The number of aromatic nitrogens is 4. The monoisotopic (exact) mass is 344 g/mol. The van der Waals surface area contributed by atoms with Crippen molar-refractivity contribution >= 4 is 46.4 Å². The first kappa shape index (κ1) is 14.2. The number of fused-ring (bicyclic) bond motifs is 2. The van der Waals surface area contributed by atoms with Gasteiger partial charge in [0.2, 0.25) is 5.28 Å². The summed E-state index contributed by atoms with van der Waals surface area (Å²) < 4.78 is 5.33. The van der Waals surface area contributed by atoms with Gasteiger partial charge >= 0.3 is 5.63 Å². The van der Waals surface area contributed by atoms with E-state index in [0.717, 1.165) is 5.39 Å². The first-order valence-corrected chi connectivity index (χ1v) is 7.60. The third kappa shape index (κ3) is 2.47. The minimum absolute atomic E-state index is 0.108. The van der Waals surface area contributed by atoms with Crippen LogP contribution in [0.1, 0.15) is 16.6 Å². The zero-order valence-electron chi connectivity index (χ0n) is 11.5. The molecule has 1 aromatic carbocycles. The lowest BCUT2D eigenvalue weighted by atomic mass is 10.1. The molecule has 0 radical (unpaired) electrons. The molecule has 4 aromatic rings. The molecule has 0 fully saturated rings. The second-order valence-electron chi connectivity index (χ2n) is 4.93. The van der Waals surface area contributed by atoms with Crippen LogP contribution in [0.15, 0.2) is 45.7 Å². The first-order valence-electron chi connectivity index (χ1n) is 6.71. The van der Waals surface area contributed by atoms with Crippen molar-refractivity contribution < 1.29 is 4.42 Å². The second-order valence-corrected chi connectivity index (χ2v) is 5.78. The topological polar surface area (TPSA) is 84.7 Å². The maximum atomic E-state index is 12.2. The molecule has 8 heteroatoms. The fourth-order valence-electron chi connectivity index (χ4n) is 2.35. The molecule has 0 saturated heterocycles. The molecule has 0 aliphatic rings. The second kappa shape index (κ2) is 5.36. The molecule has 3 heterocycles. The van der Waals surface area contributed by atoms with E-state index in [-0.39, 0.29) is 5.28 Å². The van der Waals surface area contributed by atoms with Crippen LogP contribution in [0.25, 0.3) is 22.1 Å². The molecule has 0 amide bonds. The van der Waals surface area contributed by atoms with Gasteiger partial charge in [-0.2, -0.15) is 17.6 Å². The van der Waals surface area contributed by atoms with Gasteiger partial charge in [-0.15, -0.1) is 0 Å². The standard InChI is InChI=1S/C15H9ClN4O2S/c16-15-17-6-9-12(20-15)19-13(18-9)11(23)8-5-7-3-1-2-4-10(7)22-14(8)21/h1-6,11,23H,(H,17,18,19,20). The van der Waals surface area contributed by atoms with E-state index in [1.54, 1.807) is 12.1 Å². The van der Waals surface area contributed by atoms with Gasteiger partial charge in [0.15, 0.2) is 5.65 Å². The van der Waals surface area contributed by atoms with E-state index >= 15 is 0 Å². The number of aromatic amines is 1. The van der Waals surface area contributed by atoms with Gasteiger partial charge in [-0.05, 0) is 23.7 Å². The fourth-order valence-corrected chi connectivity index (χ4v) is 2.78. The summed E-state index contributed by atoms with van der Waals surface area (Å²) in [5, 5.41) is 0.348. The lowest BCUT2D eigenvalue weighted by Crippen LogP contribution is -2.11. The van der Waals surface area contributed by atoms with Crippen molar-refractivity contribution in [1.82, 2.24) is 19.9 Å². The van der Waals surface area contributed by atoms with Crippen LogP contribution in [0.3, 0.4) is 0 Å². The van der Waals surface area contributed by atoms with E-state index < -0.39 is 10.9 Å². The Morgan fingerprint density at radius 2 is 2.09 bits per heavy atom. The number of benzene rings is 1. The van der Waals surface area contributed by atoms with Gasteiger partial charge in [-0.1, -0.05) is 18.2 Å². The highest BCUT2D eigenvalue weighted by Gasteiger charge is 2.19. The Kier molecular flexibility index (Phi) is 3.32. The molecule has 0 aliphatic heterocycles. The van der Waals surface area contributed by atoms with Gasteiger partial charge in [0, 0.05) is 5.39 Å². The maximum Gasteiger partial charge on any atom is 0.341 e. The van der Waals surface area contributed by atoms with Crippen LogP contribution in [0.5, 0.6) is 0 Å². The summed E-state index contributed by atoms with van der Waals surface area (Å²) in [6, 6.07) is 9.05. The summed E-state index contributed by atoms with van der Waals surface area (Å²) in [7, 11) is 0. The molecule has 114 valence electrons. The highest BCUT2D eigenvalue weighted by Crippen LogP contribution is 2.27. The van der Waals surface area contributed by atoms with Crippen molar-refractivity contribution in [3.63, 3.8) is 0 Å². The molecule has 3 aromatic heterocycles. The number of hydrogen-bond acceptors (Lipinski definition) is 6. The van der Waals surface area contributed by atoms with E-state index in [9.17, 15) is 4.79 Å². The highest BCUT2D eigenvalue weighted by atomic mass is 35.5. The molecular formula is C15H9ClN4O2S. The lowest BCUT2D eigenvalue weighted by Gasteiger charge is -2.07. The number of H-pyrrole nitrogens is 1. The predicted molar refractivity (Wildman–Crippen MR) is 90.0 cm³/mol. The number of hydrogen-bond donors (Lipinski definition) is 2. The summed E-state index contributed by atoms with van der Waals surface area (Å²) in [4.78, 5) is 27.5. The van der Waals surface area contributed by atoms with Crippen molar-refractivity contribution in [2.45, 2.75) is 5.25 Å². The molecule has 1 atom stereocenters. The van der Waals surface area contributed by atoms with Gasteiger partial charge in [-0.25, -0.2) is 14.8 Å². The summed E-state index contributed by atoms with van der Waals surface area (Å²) in [5.74, 6) is 0.475. The Bertz CT molecular complexity index is 1090. The minimum atomic E-state index is -0.580. The Morgan fingerprint density at radius 3 is 2.96 bits per heavy atom.